The van der Waals surface area contributed by atoms with Crippen molar-refractivity contribution in [2.45, 2.75) is 32.1 Å². The van der Waals surface area contributed by atoms with Crippen LogP contribution in [0.25, 0.3) is 0 Å². The Morgan fingerprint density at radius 1 is 1.47 bits per heavy atom. The number of aromatic nitrogens is 2. The summed E-state index contributed by atoms with van der Waals surface area (Å²) >= 11 is 4.84. The van der Waals surface area contributed by atoms with Gasteiger partial charge in [0.15, 0.2) is 0 Å². The van der Waals surface area contributed by atoms with E-state index in [1.165, 1.54) is 12.6 Å². The van der Waals surface area contributed by atoms with Gasteiger partial charge in [-0.2, -0.15) is 5.10 Å². The largest absolute Gasteiger partial charge is 0.389 e. The Balaban J connectivity index is 2.04. The van der Waals surface area contributed by atoms with E-state index >= 15 is 0 Å². The standard InChI is InChI=1S/C11H18N4O2S2/c12-10(18)9-6-13-14-11(9)15-19(16,17)7-8-4-2-1-3-5-8/h6,8H,1-5,7H2,(H2,12,18)(H2,13,14,15). The minimum absolute atomic E-state index is 0.115. The maximum Gasteiger partial charge on any atom is 0.234 e. The van der Waals surface area contributed by atoms with Crippen LogP contribution in [0.4, 0.5) is 5.82 Å². The lowest BCUT2D eigenvalue weighted by Crippen LogP contribution is -2.25. The molecule has 4 N–H and O–H groups in total. The summed E-state index contributed by atoms with van der Waals surface area (Å²) < 4.78 is 26.7. The molecule has 0 aliphatic heterocycles. The van der Waals surface area contributed by atoms with Gasteiger partial charge in [-0.3, -0.25) is 9.82 Å². The number of H-pyrrole nitrogens is 1. The number of rotatable bonds is 5. The summed E-state index contributed by atoms with van der Waals surface area (Å²) in [5.74, 6) is 0.633. The van der Waals surface area contributed by atoms with Gasteiger partial charge in [-0.15, -0.1) is 0 Å². The quantitative estimate of drug-likeness (QED) is 0.713. The summed E-state index contributed by atoms with van der Waals surface area (Å²) in [5, 5.41) is 6.33. The molecule has 0 aromatic carbocycles. The highest BCUT2D eigenvalue weighted by Gasteiger charge is 2.22. The number of nitrogens with two attached hydrogens (primary N) is 1. The van der Waals surface area contributed by atoms with Gasteiger partial charge in [-0.05, 0) is 18.8 Å². The average Bonchev–Trinajstić information content (AvgIpc) is 2.77. The zero-order chi connectivity index (χ0) is 13.9. The minimum atomic E-state index is -3.40. The molecule has 106 valence electrons. The van der Waals surface area contributed by atoms with E-state index in [4.69, 9.17) is 18.0 Å². The molecule has 1 heterocycles. The smallest absolute Gasteiger partial charge is 0.234 e. The molecule has 0 radical (unpaired) electrons. The highest BCUT2D eigenvalue weighted by molar-refractivity contribution is 7.92. The molecule has 0 spiro atoms. The molecule has 2 rings (SSSR count). The Kier molecular flexibility index (Phi) is 4.41. The SMILES string of the molecule is NC(=S)c1cn[nH]c1NS(=O)(=O)CC1CCCCC1. The van der Waals surface area contributed by atoms with Gasteiger partial charge in [0.2, 0.25) is 10.0 Å². The van der Waals surface area contributed by atoms with Gasteiger partial charge < -0.3 is 5.73 Å². The fourth-order valence-electron chi connectivity index (χ4n) is 2.41. The van der Waals surface area contributed by atoms with Crippen molar-refractivity contribution >= 4 is 33.0 Å². The second-order valence-electron chi connectivity index (χ2n) is 4.91. The first kappa shape index (κ1) is 14.3. The second-order valence-corrected chi connectivity index (χ2v) is 7.12. The zero-order valence-corrected chi connectivity index (χ0v) is 12.2. The van der Waals surface area contributed by atoms with E-state index in [0.717, 1.165) is 25.7 Å². The molecule has 0 bridgehead atoms. The van der Waals surface area contributed by atoms with Gasteiger partial charge in [0.05, 0.1) is 17.5 Å². The van der Waals surface area contributed by atoms with E-state index in [0.29, 0.717) is 5.56 Å². The van der Waals surface area contributed by atoms with Crippen LogP contribution in [-0.2, 0) is 10.0 Å². The van der Waals surface area contributed by atoms with Crippen LogP contribution in [-0.4, -0.2) is 29.4 Å². The second kappa shape index (κ2) is 5.87. The fourth-order valence-corrected chi connectivity index (χ4v) is 4.07. The molecule has 0 unspecified atom stereocenters. The summed E-state index contributed by atoms with van der Waals surface area (Å²) in [5.41, 5.74) is 5.92. The first-order valence-electron chi connectivity index (χ1n) is 6.31. The highest BCUT2D eigenvalue weighted by Crippen LogP contribution is 2.25. The summed E-state index contributed by atoms with van der Waals surface area (Å²) in [6.45, 7) is 0. The van der Waals surface area contributed by atoms with E-state index in [2.05, 4.69) is 14.9 Å². The Morgan fingerprint density at radius 2 is 2.16 bits per heavy atom. The number of thiocarbonyl (C=S) groups is 1. The van der Waals surface area contributed by atoms with Crippen molar-refractivity contribution in [2.75, 3.05) is 10.5 Å². The topological polar surface area (TPSA) is 101 Å². The molecule has 1 saturated carbocycles. The number of sulfonamides is 1. The first-order valence-corrected chi connectivity index (χ1v) is 8.37. The number of nitrogens with zero attached hydrogens (tertiary/aromatic N) is 1. The van der Waals surface area contributed by atoms with Crippen LogP contribution in [0.3, 0.4) is 0 Å². The molecule has 1 aromatic rings. The van der Waals surface area contributed by atoms with Gasteiger partial charge >= 0.3 is 0 Å². The van der Waals surface area contributed by atoms with Crippen molar-refractivity contribution in [2.24, 2.45) is 11.7 Å². The number of hydrogen-bond acceptors (Lipinski definition) is 4. The van der Waals surface area contributed by atoms with Crippen LogP contribution < -0.4 is 10.5 Å². The van der Waals surface area contributed by atoms with Crippen molar-refractivity contribution < 1.29 is 8.42 Å². The van der Waals surface area contributed by atoms with Crippen LogP contribution in [0.15, 0.2) is 6.20 Å². The van der Waals surface area contributed by atoms with Gasteiger partial charge in [-0.1, -0.05) is 31.5 Å². The third kappa shape index (κ3) is 3.90. The molecule has 0 saturated heterocycles. The van der Waals surface area contributed by atoms with Crippen LogP contribution >= 0.6 is 12.2 Å². The Bertz CT molecular complexity index is 547. The molecular formula is C11H18N4O2S2. The predicted octanol–water partition coefficient (Wildman–Crippen LogP) is 1.37. The van der Waals surface area contributed by atoms with E-state index in [1.807, 2.05) is 0 Å². The highest BCUT2D eigenvalue weighted by atomic mass is 32.2. The molecule has 6 nitrogen and oxygen atoms in total. The average molecular weight is 302 g/mol. The molecular weight excluding hydrogens is 284 g/mol. The van der Waals surface area contributed by atoms with Crippen molar-refractivity contribution in [1.29, 1.82) is 0 Å². The Hall–Kier alpha value is -1.15. The summed E-state index contributed by atoms with van der Waals surface area (Å²) in [7, 11) is -3.40. The maximum atomic E-state index is 12.1. The minimum Gasteiger partial charge on any atom is -0.389 e. The van der Waals surface area contributed by atoms with Crippen molar-refractivity contribution in [1.82, 2.24) is 10.2 Å². The lowest BCUT2D eigenvalue weighted by Gasteiger charge is -2.21. The Morgan fingerprint density at radius 3 is 2.79 bits per heavy atom. The summed E-state index contributed by atoms with van der Waals surface area (Å²) in [4.78, 5) is 0.115. The van der Waals surface area contributed by atoms with Gasteiger partial charge in [0.1, 0.15) is 10.8 Å². The van der Waals surface area contributed by atoms with Crippen molar-refractivity contribution in [3.8, 4) is 0 Å². The molecule has 1 aliphatic carbocycles. The molecule has 1 fully saturated rings. The molecule has 0 atom stereocenters. The van der Waals surface area contributed by atoms with E-state index in [9.17, 15) is 8.42 Å². The maximum absolute atomic E-state index is 12.1. The van der Waals surface area contributed by atoms with E-state index < -0.39 is 10.0 Å². The lowest BCUT2D eigenvalue weighted by molar-refractivity contribution is 0.385. The van der Waals surface area contributed by atoms with Gasteiger partial charge in [-0.25, -0.2) is 8.42 Å². The predicted molar refractivity (Wildman–Crippen MR) is 78.5 cm³/mol. The normalized spacial score (nSPS) is 17.3. The van der Waals surface area contributed by atoms with Crippen LogP contribution in [0, 0.1) is 5.92 Å². The summed E-state index contributed by atoms with van der Waals surface area (Å²) in [6.07, 6.45) is 6.81. The Labute approximate surface area is 118 Å². The van der Waals surface area contributed by atoms with Crippen LogP contribution in [0.1, 0.15) is 37.7 Å². The van der Waals surface area contributed by atoms with Gasteiger partial charge in [0, 0.05) is 0 Å². The third-order valence-corrected chi connectivity index (χ3v) is 4.99. The third-order valence-electron chi connectivity index (χ3n) is 3.34. The number of anilines is 1. The molecule has 0 amide bonds. The molecule has 8 heteroatoms. The van der Waals surface area contributed by atoms with Crippen molar-refractivity contribution in [3.05, 3.63) is 11.8 Å². The van der Waals surface area contributed by atoms with Crippen LogP contribution in [0.2, 0.25) is 0 Å². The summed E-state index contributed by atoms with van der Waals surface area (Å²) in [6, 6.07) is 0. The van der Waals surface area contributed by atoms with E-state index in [-0.39, 0.29) is 22.5 Å². The number of hydrogen-bond donors (Lipinski definition) is 3. The van der Waals surface area contributed by atoms with Crippen molar-refractivity contribution in [3.63, 3.8) is 0 Å². The number of aromatic amines is 1. The lowest BCUT2D eigenvalue weighted by atomic mass is 9.91. The molecule has 1 aliphatic rings. The molecule has 19 heavy (non-hydrogen) atoms. The zero-order valence-electron chi connectivity index (χ0n) is 10.6. The molecule has 1 aromatic heterocycles. The monoisotopic (exact) mass is 302 g/mol. The number of nitrogens with one attached hydrogen (secondary N) is 2. The van der Waals surface area contributed by atoms with E-state index in [1.54, 1.807) is 0 Å². The van der Waals surface area contributed by atoms with Gasteiger partial charge in [0.25, 0.3) is 0 Å². The first-order chi connectivity index (χ1) is 8.98. The van der Waals surface area contributed by atoms with Crippen LogP contribution in [0.5, 0.6) is 0 Å². The fraction of sp³-hybridized carbons (Fsp3) is 0.636.